The van der Waals surface area contributed by atoms with E-state index in [0.717, 1.165) is 18.6 Å². The van der Waals surface area contributed by atoms with Gasteiger partial charge in [0.15, 0.2) is 6.04 Å². The highest BCUT2D eigenvalue weighted by Gasteiger charge is 2.38. The number of hydrogen-bond acceptors (Lipinski definition) is 5. The molecule has 0 aromatic carbocycles. The molecular weight excluding hydrogens is 230 g/mol. The van der Waals surface area contributed by atoms with E-state index in [0.29, 0.717) is 0 Å². The zero-order chi connectivity index (χ0) is 12.2. The molecule has 1 heterocycles. The first-order valence-corrected chi connectivity index (χ1v) is 6.15. The van der Waals surface area contributed by atoms with Crippen LogP contribution in [0.3, 0.4) is 0 Å². The van der Waals surface area contributed by atoms with Gasteiger partial charge in [0, 0.05) is 0 Å². The third kappa shape index (κ3) is 2.89. The molecule has 0 aromatic heterocycles. The summed E-state index contributed by atoms with van der Waals surface area (Å²) in [5, 5.41) is 11.5. The molecule has 6 heteroatoms. The van der Waals surface area contributed by atoms with Gasteiger partial charge in [-0.3, -0.25) is 4.79 Å². The van der Waals surface area contributed by atoms with Crippen LogP contribution in [0.25, 0.3) is 0 Å². The molecule has 2 N–H and O–H groups in total. The molecule has 1 aliphatic heterocycles. The van der Waals surface area contributed by atoms with Gasteiger partial charge >= 0.3 is 5.97 Å². The predicted molar refractivity (Wildman–Crippen MR) is 61.1 cm³/mol. The summed E-state index contributed by atoms with van der Waals surface area (Å²) in [6.07, 6.45) is 1.79. The lowest BCUT2D eigenvalue weighted by atomic mass is 10.0. The van der Waals surface area contributed by atoms with E-state index in [1.54, 1.807) is 11.8 Å². The highest BCUT2D eigenvalue weighted by molar-refractivity contribution is 8.01. The lowest BCUT2D eigenvalue weighted by Crippen LogP contribution is -2.50. The van der Waals surface area contributed by atoms with Crippen LogP contribution in [0.2, 0.25) is 0 Å². The fourth-order valence-electron chi connectivity index (χ4n) is 1.59. The first kappa shape index (κ1) is 13.3. The maximum absolute atomic E-state index is 11.9. The van der Waals surface area contributed by atoms with Crippen molar-refractivity contribution in [1.82, 2.24) is 5.32 Å². The van der Waals surface area contributed by atoms with Crippen molar-refractivity contribution in [3.63, 3.8) is 0 Å². The van der Waals surface area contributed by atoms with Gasteiger partial charge in [-0.25, -0.2) is 4.79 Å². The summed E-state index contributed by atoms with van der Waals surface area (Å²) in [4.78, 5) is 23.1. The minimum atomic E-state index is -0.962. The number of esters is 1. The van der Waals surface area contributed by atoms with Crippen LogP contribution in [0.1, 0.15) is 19.8 Å². The number of aliphatic hydroxyl groups excluding tert-OH is 1. The fourth-order valence-corrected chi connectivity index (χ4v) is 2.81. The van der Waals surface area contributed by atoms with Gasteiger partial charge < -0.3 is 15.2 Å². The summed E-state index contributed by atoms with van der Waals surface area (Å²) in [7, 11) is 1.23. The Kier molecular flexibility index (Phi) is 4.61. The predicted octanol–water partition coefficient (Wildman–Crippen LogP) is -0.0778. The van der Waals surface area contributed by atoms with Crippen LogP contribution in [0, 0.1) is 0 Å². The number of rotatable bonds is 4. The molecule has 16 heavy (non-hydrogen) atoms. The standard InChI is InChI=1S/C10H17NO4S/c1-10(4-3-5-16-10)9(14)11-7(6-12)8(13)15-2/h7,12H,3-6H2,1-2H3,(H,11,14). The van der Waals surface area contributed by atoms with Crippen molar-refractivity contribution in [2.45, 2.75) is 30.6 Å². The maximum Gasteiger partial charge on any atom is 0.330 e. The van der Waals surface area contributed by atoms with Crippen molar-refractivity contribution in [2.24, 2.45) is 0 Å². The van der Waals surface area contributed by atoms with Crippen LogP contribution in [0.15, 0.2) is 0 Å². The normalized spacial score (nSPS) is 26.2. The maximum atomic E-state index is 11.9. The molecule has 0 radical (unpaired) electrons. The van der Waals surface area contributed by atoms with E-state index >= 15 is 0 Å². The lowest BCUT2D eigenvalue weighted by molar-refractivity contribution is -0.146. The Morgan fingerprint density at radius 1 is 1.62 bits per heavy atom. The molecule has 0 bridgehead atoms. The summed E-state index contributed by atoms with van der Waals surface area (Å²) < 4.78 is 3.99. The van der Waals surface area contributed by atoms with Crippen LogP contribution in [0.4, 0.5) is 0 Å². The zero-order valence-corrected chi connectivity index (χ0v) is 10.3. The van der Waals surface area contributed by atoms with Crippen molar-refractivity contribution in [2.75, 3.05) is 19.5 Å². The average molecular weight is 247 g/mol. The number of carbonyl (C=O) groups excluding carboxylic acids is 2. The molecule has 0 aromatic rings. The van der Waals surface area contributed by atoms with Crippen LogP contribution >= 0.6 is 11.8 Å². The molecule has 5 nitrogen and oxygen atoms in total. The minimum Gasteiger partial charge on any atom is -0.467 e. The molecule has 92 valence electrons. The summed E-state index contributed by atoms with van der Waals surface area (Å²) in [5.41, 5.74) is 0. The van der Waals surface area contributed by atoms with Crippen molar-refractivity contribution < 1.29 is 19.4 Å². The number of ether oxygens (including phenoxy) is 1. The van der Waals surface area contributed by atoms with Crippen LogP contribution in [-0.4, -0.2) is 47.2 Å². The highest BCUT2D eigenvalue weighted by Crippen LogP contribution is 2.37. The number of methoxy groups -OCH3 is 1. The monoisotopic (exact) mass is 247 g/mol. The average Bonchev–Trinajstić information content (AvgIpc) is 2.73. The Balaban J connectivity index is 2.58. The third-order valence-electron chi connectivity index (χ3n) is 2.67. The summed E-state index contributed by atoms with van der Waals surface area (Å²) in [5.74, 6) is 0.119. The van der Waals surface area contributed by atoms with E-state index in [2.05, 4.69) is 10.1 Å². The van der Waals surface area contributed by atoms with E-state index in [9.17, 15) is 9.59 Å². The molecule has 1 amide bonds. The van der Waals surface area contributed by atoms with Crippen LogP contribution < -0.4 is 5.32 Å². The number of aliphatic hydroxyl groups is 1. The topological polar surface area (TPSA) is 75.6 Å². The van der Waals surface area contributed by atoms with Gasteiger partial charge in [-0.05, 0) is 25.5 Å². The molecule has 0 saturated carbocycles. The first-order valence-electron chi connectivity index (χ1n) is 5.17. The Morgan fingerprint density at radius 3 is 2.75 bits per heavy atom. The van der Waals surface area contributed by atoms with Gasteiger partial charge in [-0.1, -0.05) is 0 Å². The second-order valence-electron chi connectivity index (χ2n) is 3.91. The number of hydrogen-bond donors (Lipinski definition) is 2. The third-order valence-corrected chi connectivity index (χ3v) is 4.19. The van der Waals surface area contributed by atoms with Crippen LogP contribution in [0.5, 0.6) is 0 Å². The Labute approximate surface area is 98.9 Å². The van der Waals surface area contributed by atoms with Gasteiger partial charge in [0.1, 0.15) is 0 Å². The Morgan fingerprint density at radius 2 is 2.31 bits per heavy atom. The van der Waals surface area contributed by atoms with Crippen molar-refractivity contribution in [1.29, 1.82) is 0 Å². The SMILES string of the molecule is COC(=O)C(CO)NC(=O)C1(C)CCCS1. The van der Waals surface area contributed by atoms with Gasteiger partial charge in [0.2, 0.25) is 5.91 Å². The molecule has 1 fully saturated rings. The van der Waals surface area contributed by atoms with E-state index in [-0.39, 0.29) is 5.91 Å². The second kappa shape index (κ2) is 5.54. The van der Waals surface area contributed by atoms with Crippen molar-refractivity contribution in [3.8, 4) is 0 Å². The molecule has 0 aliphatic carbocycles. The van der Waals surface area contributed by atoms with E-state index < -0.39 is 23.4 Å². The van der Waals surface area contributed by atoms with Crippen molar-refractivity contribution >= 4 is 23.6 Å². The van der Waals surface area contributed by atoms with Crippen LogP contribution in [-0.2, 0) is 14.3 Å². The molecule has 1 saturated heterocycles. The van der Waals surface area contributed by atoms with Gasteiger partial charge in [-0.2, -0.15) is 0 Å². The summed E-state index contributed by atoms with van der Waals surface area (Å²) in [6, 6.07) is -0.962. The number of nitrogens with one attached hydrogen (secondary N) is 1. The first-order chi connectivity index (χ1) is 7.53. The number of carbonyl (C=O) groups is 2. The van der Waals surface area contributed by atoms with Gasteiger partial charge in [0.25, 0.3) is 0 Å². The summed E-state index contributed by atoms with van der Waals surface area (Å²) in [6.45, 7) is 1.41. The molecule has 1 aliphatic rings. The zero-order valence-electron chi connectivity index (χ0n) is 9.49. The molecule has 0 spiro atoms. The number of amides is 1. The molecule has 2 atom stereocenters. The van der Waals surface area contributed by atoms with E-state index in [4.69, 9.17) is 5.11 Å². The number of thioether (sulfide) groups is 1. The van der Waals surface area contributed by atoms with E-state index in [1.807, 2.05) is 6.92 Å². The van der Waals surface area contributed by atoms with Gasteiger partial charge in [0.05, 0.1) is 18.5 Å². The van der Waals surface area contributed by atoms with Crippen molar-refractivity contribution in [3.05, 3.63) is 0 Å². The Hall–Kier alpha value is -0.750. The summed E-state index contributed by atoms with van der Waals surface area (Å²) >= 11 is 1.58. The Bertz CT molecular complexity index is 276. The molecule has 1 rings (SSSR count). The fraction of sp³-hybridized carbons (Fsp3) is 0.800. The second-order valence-corrected chi connectivity index (χ2v) is 5.51. The van der Waals surface area contributed by atoms with E-state index in [1.165, 1.54) is 7.11 Å². The quantitative estimate of drug-likeness (QED) is 0.680. The molecular formula is C10H17NO4S. The smallest absolute Gasteiger partial charge is 0.330 e. The largest absolute Gasteiger partial charge is 0.467 e. The van der Waals surface area contributed by atoms with Gasteiger partial charge in [-0.15, -0.1) is 11.8 Å². The lowest BCUT2D eigenvalue weighted by Gasteiger charge is -2.24. The molecule has 2 unspecified atom stereocenters. The highest BCUT2D eigenvalue weighted by atomic mass is 32.2. The minimum absolute atomic E-state index is 0.209.